The first-order chi connectivity index (χ1) is 9.42. The third-order valence-electron chi connectivity index (χ3n) is 2.70. The normalized spacial score (nSPS) is 13.6. The van der Waals surface area contributed by atoms with Crippen LogP contribution in [0.3, 0.4) is 0 Å². The zero-order chi connectivity index (χ0) is 15.1. The average molecular weight is 300 g/mol. The van der Waals surface area contributed by atoms with Gasteiger partial charge in [-0.05, 0) is 26.0 Å². The Hall–Kier alpha value is -1.60. The van der Waals surface area contributed by atoms with Crippen LogP contribution in [0.25, 0.3) is 0 Å². The number of hydrogen-bond donors (Lipinski definition) is 4. The molecule has 2 atom stereocenters. The van der Waals surface area contributed by atoms with Crippen molar-refractivity contribution in [1.29, 1.82) is 0 Å². The number of amides is 2. The molecule has 20 heavy (non-hydrogen) atoms. The second-order valence-electron chi connectivity index (χ2n) is 4.64. The molecule has 0 saturated carbocycles. The molecule has 0 saturated heterocycles. The van der Waals surface area contributed by atoms with E-state index in [1.54, 1.807) is 11.3 Å². The molecule has 0 aliphatic rings. The van der Waals surface area contributed by atoms with Crippen molar-refractivity contribution in [2.45, 2.75) is 38.8 Å². The summed E-state index contributed by atoms with van der Waals surface area (Å²) in [5, 5.41) is 22.6. The number of thiophene rings is 1. The van der Waals surface area contributed by atoms with Crippen LogP contribution in [0.2, 0.25) is 0 Å². The van der Waals surface area contributed by atoms with Gasteiger partial charge in [0.2, 0.25) is 0 Å². The van der Waals surface area contributed by atoms with E-state index in [2.05, 4.69) is 10.6 Å². The maximum absolute atomic E-state index is 11.7. The second-order valence-corrected chi connectivity index (χ2v) is 6.01. The molecule has 1 heterocycles. The van der Waals surface area contributed by atoms with E-state index in [0.717, 1.165) is 0 Å². The average Bonchev–Trinajstić information content (AvgIpc) is 2.73. The van der Waals surface area contributed by atoms with E-state index in [0.29, 0.717) is 6.42 Å². The van der Waals surface area contributed by atoms with E-state index >= 15 is 0 Å². The number of urea groups is 1. The minimum Gasteiger partial charge on any atom is -0.480 e. The van der Waals surface area contributed by atoms with Gasteiger partial charge in [0.05, 0.1) is 0 Å². The van der Waals surface area contributed by atoms with Crippen molar-refractivity contribution in [2.75, 3.05) is 6.61 Å². The van der Waals surface area contributed by atoms with E-state index in [4.69, 9.17) is 10.2 Å². The van der Waals surface area contributed by atoms with Crippen LogP contribution in [0.4, 0.5) is 4.79 Å². The van der Waals surface area contributed by atoms with Gasteiger partial charge in [-0.15, -0.1) is 11.3 Å². The monoisotopic (exact) mass is 300 g/mol. The van der Waals surface area contributed by atoms with Crippen LogP contribution in [-0.2, 0) is 11.2 Å². The highest BCUT2D eigenvalue weighted by molar-refractivity contribution is 7.11. The standard InChI is InChI=1S/C13H20N2O4S/c1-8(7-10-4-3-9(2)20-10)14-13(19)15-11(5-6-16)12(17)18/h3-4,8,11,16H,5-7H2,1-2H3,(H,17,18)(H2,14,15,19)/t8?,11-/m1/s1. The number of aliphatic carboxylic acids is 1. The summed E-state index contributed by atoms with van der Waals surface area (Å²) >= 11 is 1.67. The topological polar surface area (TPSA) is 98.7 Å². The van der Waals surface area contributed by atoms with Crippen molar-refractivity contribution in [3.8, 4) is 0 Å². The molecule has 6 nitrogen and oxygen atoms in total. The zero-order valence-electron chi connectivity index (χ0n) is 11.5. The molecule has 0 aliphatic carbocycles. The molecule has 2 amide bonds. The SMILES string of the molecule is Cc1ccc(CC(C)NC(=O)N[C@H](CCO)C(=O)O)s1. The molecule has 1 rings (SSSR count). The molecule has 0 bridgehead atoms. The number of aliphatic hydroxyl groups excluding tert-OH is 1. The van der Waals surface area contributed by atoms with E-state index < -0.39 is 18.0 Å². The van der Waals surface area contributed by atoms with Crippen LogP contribution in [0, 0.1) is 6.92 Å². The Bertz CT molecular complexity index is 461. The molecule has 4 N–H and O–H groups in total. The largest absolute Gasteiger partial charge is 0.480 e. The Kier molecular flexibility index (Phi) is 6.47. The number of carboxylic acid groups (broad SMARTS) is 1. The van der Waals surface area contributed by atoms with Gasteiger partial charge in [0.15, 0.2) is 0 Å². The molecular weight excluding hydrogens is 280 g/mol. The summed E-state index contributed by atoms with van der Waals surface area (Å²) in [6.07, 6.45) is 0.685. The zero-order valence-corrected chi connectivity index (χ0v) is 12.4. The molecule has 0 radical (unpaired) electrons. The van der Waals surface area contributed by atoms with E-state index in [1.165, 1.54) is 9.75 Å². The summed E-state index contributed by atoms with van der Waals surface area (Å²) in [5.74, 6) is -1.16. The number of carbonyl (C=O) groups excluding carboxylic acids is 1. The lowest BCUT2D eigenvalue weighted by molar-refractivity contribution is -0.139. The number of carboxylic acids is 1. The van der Waals surface area contributed by atoms with Crippen molar-refractivity contribution >= 4 is 23.3 Å². The minimum atomic E-state index is -1.16. The van der Waals surface area contributed by atoms with Crippen molar-refractivity contribution in [3.05, 3.63) is 21.9 Å². The predicted octanol–water partition coefficient (Wildman–Crippen LogP) is 1.12. The van der Waals surface area contributed by atoms with Crippen LogP contribution < -0.4 is 10.6 Å². The Morgan fingerprint density at radius 3 is 2.55 bits per heavy atom. The Morgan fingerprint density at radius 1 is 1.35 bits per heavy atom. The molecule has 7 heteroatoms. The number of rotatable bonds is 7. The molecule has 1 aromatic rings. The van der Waals surface area contributed by atoms with Gasteiger partial charge in [-0.25, -0.2) is 9.59 Å². The van der Waals surface area contributed by atoms with Crippen LogP contribution in [0.5, 0.6) is 0 Å². The predicted molar refractivity (Wildman–Crippen MR) is 77.0 cm³/mol. The van der Waals surface area contributed by atoms with Crippen molar-refractivity contribution in [3.63, 3.8) is 0 Å². The van der Waals surface area contributed by atoms with Crippen LogP contribution in [0.1, 0.15) is 23.1 Å². The molecule has 112 valence electrons. The Balaban J connectivity index is 2.42. The molecule has 0 aliphatic heterocycles. The van der Waals surface area contributed by atoms with Gasteiger partial charge in [0.1, 0.15) is 6.04 Å². The summed E-state index contributed by atoms with van der Waals surface area (Å²) in [4.78, 5) is 24.9. The van der Waals surface area contributed by atoms with Crippen molar-refractivity contribution in [2.24, 2.45) is 0 Å². The minimum absolute atomic E-state index is 0.0126. The summed E-state index contributed by atoms with van der Waals surface area (Å²) in [6, 6.07) is 2.33. The number of hydrogen-bond acceptors (Lipinski definition) is 4. The fourth-order valence-electron chi connectivity index (χ4n) is 1.76. The van der Waals surface area contributed by atoms with Crippen LogP contribution in [0.15, 0.2) is 12.1 Å². The fourth-order valence-corrected chi connectivity index (χ4v) is 2.78. The van der Waals surface area contributed by atoms with E-state index in [9.17, 15) is 9.59 Å². The lowest BCUT2D eigenvalue weighted by Gasteiger charge is -2.17. The Morgan fingerprint density at radius 2 is 2.05 bits per heavy atom. The maximum Gasteiger partial charge on any atom is 0.326 e. The van der Waals surface area contributed by atoms with Gasteiger partial charge < -0.3 is 20.8 Å². The van der Waals surface area contributed by atoms with Gasteiger partial charge in [-0.1, -0.05) is 0 Å². The van der Waals surface area contributed by atoms with Crippen LogP contribution in [-0.4, -0.2) is 40.9 Å². The third kappa shape index (κ3) is 5.58. The van der Waals surface area contributed by atoms with Crippen molar-refractivity contribution in [1.82, 2.24) is 10.6 Å². The molecule has 0 aromatic carbocycles. The molecule has 0 fully saturated rings. The third-order valence-corrected chi connectivity index (χ3v) is 3.73. The lowest BCUT2D eigenvalue weighted by atomic mass is 10.2. The van der Waals surface area contributed by atoms with Gasteiger partial charge in [-0.2, -0.15) is 0 Å². The summed E-state index contributed by atoms with van der Waals surface area (Å²) < 4.78 is 0. The molecular formula is C13H20N2O4S. The first-order valence-corrected chi connectivity index (χ1v) is 7.20. The smallest absolute Gasteiger partial charge is 0.326 e. The first-order valence-electron chi connectivity index (χ1n) is 6.38. The molecule has 1 unspecified atom stereocenters. The van der Waals surface area contributed by atoms with Crippen molar-refractivity contribution < 1.29 is 19.8 Å². The number of carbonyl (C=O) groups is 2. The number of aryl methyl sites for hydroxylation is 1. The molecule has 1 aromatic heterocycles. The van der Waals surface area contributed by atoms with E-state index in [-0.39, 0.29) is 19.1 Å². The highest BCUT2D eigenvalue weighted by atomic mass is 32.1. The van der Waals surface area contributed by atoms with Gasteiger partial charge >= 0.3 is 12.0 Å². The summed E-state index contributed by atoms with van der Waals surface area (Å²) in [5.41, 5.74) is 0. The number of aliphatic hydroxyl groups is 1. The second kappa shape index (κ2) is 7.86. The van der Waals surface area contributed by atoms with Gasteiger partial charge in [-0.3, -0.25) is 0 Å². The Labute approximate surface area is 121 Å². The molecule has 0 spiro atoms. The lowest BCUT2D eigenvalue weighted by Crippen LogP contribution is -2.49. The van der Waals surface area contributed by atoms with Gasteiger partial charge in [0.25, 0.3) is 0 Å². The fraction of sp³-hybridized carbons (Fsp3) is 0.538. The highest BCUT2D eigenvalue weighted by Gasteiger charge is 2.20. The van der Waals surface area contributed by atoms with Crippen LogP contribution >= 0.6 is 11.3 Å². The highest BCUT2D eigenvalue weighted by Crippen LogP contribution is 2.16. The first kappa shape index (κ1) is 16.5. The number of nitrogens with one attached hydrogen (secondary N) is 2. The quantitative estimate of drug-likeness (QED) is 0.606. The van der Waals surface area contributed by atoms with E-state index in [1.807, 2.05) is 26.0 Å². The summed E-state index contributed by atoms with van der Waals surface area (Å²) in [6.45, 7) is 3.59. The van der Waals surface area contributed by atoms with Gasteiger partial charge in [0, 0.05) is 35.2 Å². The maximum atomic E-state index is 11.7. The summed E-state index contributed by atoms with van der Waals surface area (Å²) in [7, 11) is 0.